The lowest BCUT2D eigenvalue weighted by atomic mass is 10.0. The van der Waals surface area contributed by atoms with E-state index in [4.69, 9.17) is 0 Å². The van der Waals surface area contributed by atoms with E-state index in [1.54, 1.807) is 0 Å². The van der Waals surface area contributed by atoms with Gasteiger partial charge in [0, 0.05) is 17.1 Å². The van der Waals surface area contributed by atoms with Gasteiger partial charge in [-0.25, -0.2) is 8.42 Å². The molecule has 106 valence electrons. The van der Waals surface area contributed by atoms with Gasteiger partial charge in [-0.2, -0.15) is 0 Å². The maximum Gasteiger partial charge on any atom is 0.154 e. The van der Waals surface area contributed by atoms with Crippen LogP contribution >= 0.6 is 15.9 Å². The molecular weight excluding hydrogens is 326 g/mol. The monoisotopic (exact) mass is 345 g/mol. The number of nitrogens with one attached hydrogen (secondary N) is 1. The normalized spacial score (nSPS) is 23.4. The van der Waals surface area contributed by atoms with Crippen molar-refractivity contribution in [3.63, 3.8) is 0 Å². The number of sulfone groups is 1. The quantitative estimate of drug-likeness (QED) is 0.891. The molecule has 19 heavy (non-hydrogen) atoms. The zero-order valence-electron chi connectivity index (χ0n) is 11.1. The van der Waals surface area contributed by atoms with Crippen LogP contribution in [0.4, 0.5) is 0 Å². The lowest BCUT2D eigenvalue weighted by molar-refractivity contribution is 0.502. The fourth-order valence-corrected chi connectivity index (χ4v) is 4.60. The van der Waals surface area contributed by atoms with Gasteiger partial charge in [0.25, 0.3) is 0 Å². The van der Waals surface area contributed by atoms with Crippen LogP contribution in [0.25, 0.3) is 0 Å². The van der Waals surface area contributed by atoms with Crippen LogP contribution in [0.1, 0.15) is 37.8 Å². The van der Waals surface area contributed by atoms with Gasteiger partial charge >= 0.3 is 0 Å². The van der Waals surface area contributed by atoms with Crippen molar-refractivity contribution in [2.24, 2.45) is 0 Å². The molecule has 1 heterocycles. The van der Waals surface area contributed by atoms with Gasteiger partial charge < -0.3 is 5.32 Å². The Morgan fingerprint density at radius 1 is 1.37 bits per heavy atom. The fourth-order valence-electron chi connectivity index (χ4n) is 2.55. The van der Waals surface area contributed by atoms with Crippen LogP contribution in [-0.2, 0) is 9.84 Å². The number of hydrogen-bond donors (Lipinski definition) is 1. The minimum Gasteiger partial charge on any atom is -0.309 e. The maximum atomic E-state index is 11.8. The molecule has 5 heteroatoms. The third-order valence-electron chi connectivity index (χ3n) is 3.74. The third-order valence-corrected chi connectivity index (χ3v) is 6.54. The zero-order valence-corrected chi connectivity index (χ0v) is 13.5. The van der Waals surface area contributed by atoms with Crippen molar-refractivity contribution in [3.8, 4) is 0 Å². The van der Waals surface area contributed by atoms with E-state index in [-0.39, 0.29) is 11.3 Å². The number of hydrogen-bond acceptors (Lipinski definition) is 3. The van der Waals surface area contributed by atoms with Gasteiger partial charge in [-0.1, -0.05) is 35.0 Å². The van der Waals surface area contributed by atoms with Gasteiger partial charge in [0.1, 0.15) is 0 Å². The van der Waals surface area contributed by atoms with E-state index in [9.17, 15) is 8.42 Å². The molecule has 0 aliphatic carbocycles. The van der Waals surface area contributed by atoms with E-state index in [2.05, 4.69) is 40.3 Å². The Balaban J connectivity index is 1.98. The summed E-state index contributed by atoms with van der Waals surface area (Å²) in [5.74, 6) is 0.356. The molecule has 0 aromatic heterocycles. The van der Waals surface area contributed by atoms with Crippen molar-refractivity contribution in [1.82, 2.24) is 5.32 Å². The molecule has 1 aliphatic rings. The molecule has 1 aromatic carbocycles. The van der Waals surface area contributed by atoms with Crippen LogP contribution in [0, 0.1) is 0 Å². The van der Waals surface area contributed by atoms with Crippen molar-refractivity contribution in [3.05, 3.63) is 34.3 Å². The molecule has 0 radical (unpaired) electrons. The summed E-state index contributed by atoms with van der Waals surface area (Å²) in [6.07, 6.45) is 2.56. The summed E-state index contributed by atoms with van der Waals surface area (Å²) in [5, 5.41) is 3.21. The SMILES string of the molecule is CCC(NCC1CCCS1(=O)=O)c1ccc(Br)cc1. The van der Waals surface area contributed by atoms with Crippen LogP contribution in [0.15, 0.2) is 28.7 Å². The Bertz CT molecular complexity index is 513. The first kappa shape index (κ1) is 15.0. The van der Waals surface area contributed by atoms with Crippen LogP contribution in [0.3, 0.4) is 0 Å². The molecule has 2 rings (SSSR count). The fraction of sp³-hybridized carbons (Fsp3) is 0.571. The first-order valence-corrected chi connectivity index (χ1v) is 9.24. The average Bonchev–Trinajstić information content (AvgIpc) is 2.71. The second kappa shape index (κ2) is 6.37. The largest absolute Gasteiger partial charge is 0.309 e. The topological polar surface area (TPSA) is 46.2 Å². The molecule has 0 bridgehead atoms. The molecule has 1 aromatic rings. The molecule has 1 aliphatic heterocycles. The highest BCUT2D eigenvalue weighted by atomic mass is 79.9. The van der Waals surface area contributed by atoms with E-state index in [1.807, 2.05) is 12.1 Å². The predicted octanol–water partition coefficient (Wildman–Crippen LogP) is 3.07. The summed E-state index contributed by atoms with van der Waals surface area (Å²) >= 11 is 3.42. The standard InChI is InChI=1S/C14H20BrNO2S/c1-2-14(11-5-7-12(15)8-6-11)16-10-13-4-3-9-19(13,17)18/h5-8,13-14,16H,2-4,9-10H2,1H3. The smallest absolute Gasteiger partial charge is 0.154 e. The Labute approximate surface area is 123 Å². The summed E-state index contributed by atoms with van der Waals surface area (Å²) in [5.41, 5.74) is 1.21. The molecule has 0 spiro atoms. The van der Waals surface area contributed by atoms with Gasteiger partial charge in [0.15, 0.2) is 9.84 Å². The van der Waals surface area contributed by atoms with E-state index < -0.39 is 9.84 Å². The van der Waals surface area contributed by atoms with Gasteiger partial charge in [-0.05, 0) is 37.0 Å². The van der Waals surface area contributed by atoms with Crippen molar-refractivity contribution in [2.75, 3.05) is 12.3 Å². The highest BCUT2D eigenvalue weighted by Gasteiger charge is 2.31. The minimum atomic E-state index is -2.85. The third kappa shape index (κ3) is 3.80. The molecule has 1 fully saturated rings. The zero-order chi connectivity index (χ0) is 13.9. The average molecular weight is 346 g/mol. The van der Waals surface area contributed by atoms with E-state index in [1.165, 1.54) is 5.56 Å². The molecule has 0 saturated carbocycles. The van der Waals surface area contributed by atoms with Gasteiger partial charge in [-0.3, -0.25) is 0 Å². The van der Waals surface area contributed by atoms with Crippen molar-refractivity contribution < 1.29 is 8.42 Å². The van der Waals surface area contributed by atoms with Crippen LogP contribution in [0.2, 0.25) is 0 Å². The summed E-state index contributed by atoms with van der Waals surface area (Å²) in [6, 6.07) is 8.42. The summed E-state index contributed by atoms with van der Waals surface area (Å²) < 4.78 is 24.7. The molecule has 1 N–H and O–H groups in total. The van der Waals surface area contributed by atoms with Gasteiger partial charge in [0.2, 0.25) is 0 Å². The lowest BCUT2D eigenvalue weighted by Crippen LogP contribution is -2.33. The highest BCUT2D eigenvalue weighted by Crippen LogP contribution is 2.22. The van der Waals surface area contributed by atoms with Crippen molar-refractivity contribution in [1.29, 1.82) is 0 Å². The number of rotatable bonds is 5. The van der Waals surface area contributed by atoms with Gasteiger partial charge in [-0.15, -0.1) is 0 Å². The number of benzene rings is 1. The molecule has 1 saturated heterocycles. The summed E-state index contributed by atoms with van der Waals surface area (Å²) in [7, 11) is -2.85. The number of halogens is 1. The maximum absolute atomic E-state index is 11.8. The molecule has 3 nitrogen and oxygen atoms in total. The Kier molecular flexibility index (Phi) is 5.03. The predicted molar refractivity (Wildman–Crippen MR) is 82.0 cm³/mol. The molecule has 2 atom stereocenters. The lowest BCUT2D eigenvalue weighted by Gasteiger charge is -2.20. The Hall–Kier alpha value is -0.390. The van der Waals surface area contributed by atoms with E-state index in [0.29, 0.717) is 12.3 Å². The van der Waals surface area contributed by atoms with Crippen LogP contribution < -0.4 is 5.32 Å². The summed E-state index contributed by atoms with van der Waals surface area (Å²) in [4.78, 5) is 0. The Morgan fingerprint density at radius 3 is 2.58 bits per heavy atom. The first-order chi connectivity index (χ1) is 9.03. The first-order valence-electron chi connectivity index (χ1n) is 6.73. The van der Waals surface area contributed by atoms with E-state index in [0.717, 1.165) is 23.7 Å². The van der Waals surface area contributed by atoms with Crippen molar-refractivity contribution in [2.45, 2.75) is 37.5 Å². The van der Waals surface area contributed by atoms with Gasteiger partial charge in [0.05, 0.1) is 11.0 Å². The highest BCUT2D eigenvalue weighted by molar-refractivity contribution is 9.10. The molecule has 2 unspecified atom stereocenters. The molecule has 0 amide bonds. The summed E-state index contributed by atoms with van der Waals surface area (Å²) in [6.45, 7) is 2.68. The van der Waals surface area contributed by atoms with E-state index >= 15 is 0 Å². The second-order valence-corrected chi connectivity index (χ2v) is 8.37. The molecular formula is C14H20BrNO2S. The Morgan fingerprint density at radius 2 is 2.05 bits per heavy atom. The second-order valence-electron chi connectivity index (χ2n) is 5.05. The van der Waals surface area contributed by atoms with Crippen molar-refractivity contribution >= 4 is 25.8 Å². The van der Waals surface area contributed by atoms with Crippen LogP contribution in [0.5, 0.6) is 0 Å². The minimum absolute atomic E-state index is 0.197. The van der Waals surface area contributed by atoms with Crippen LogP contribution in [-0.4, -0.2) is 26.0 Å².